The molecule has 0 amide bonds. The Bertz CT molecular complexity index is 3570. The van der Waals surface area contributed by atoms with Crippen LogP contribution < -0.4 is 0 Å². The first-order chi connectivity index (χ1) is 30.2. The molecule has 0 fully saturated rings. The van der Waals surface area contributed by atoms with Crippen molar-refractivity contribution < 1.29 is 4.42 Å². The topological polar surface area (TPSA) is 51.8 Å². The summed E-state index contributed by atoms with van der Waals surface area (Å²) in [5.74, 6) is 1.91. The molecule has 4 nitrogen and oxygen atoms in total. The number of furan rings is 1. The van der Waals surface area contributed by atoms with Gasteiger partial charge in [-0.2, -0.15) is 0 Å². The molecule has 12 aromatic rings. The molecule has 61 heavy (non-hydrogen) atoms. The monoisotopic (exact) mass is 777 g/mol. The van der Waals surface area contributed by atoms with E-state index in [9.17, 15) is 0 Å². The molecule has 2 aromatic heterocycles. The number of benzene rings is 10. The SMILES string of the molecule is c1cc(-c2cccc(-c3nc(-c4cccc5ccccc45)nc(-c4cccc5ccccc45)n3)c2)cc(-c2cccc(-c3cccc4oc5ccc6ccccc6c5c34)c2)c1. The lowest BCUT2D eigenvalue weighted by atomic mass is 9.93. The third kappa shape index (κ3) is 6.04. The van der Waals surface area contributed by atoms with E-state index < -0.39 is 0 Å². The first kappa shape index (κ1) is 34.8. The molecule has 0 saturated heterocycles. The van der Waals surface area contributed by atoms with E-state index in [1.54, 1.807) is 0 Å². The normalized spacial score (nSPS) is 11.6. The van der Waals surface area contributed by atoms with E-state index in [-0.39, 0.29) is 0 Å². The predicted molar refractivity (Wildman–Crippen MR) is 252 cm³/mol. The summed E-state index contributed by atoms with van der Waals surface area (Å²) in [7, 11) is 0. The standard InChI is InChI=1S/C57H35N3O/c1-4-24-45-36(13-1)16-10-28-49(45)56-58-55(59-57(60-56)50-29-11-17-37-14-2-5-25-46(37)50)44-23-9-21-42(35-44)40-19-7-18-39(33-40)41-20-8-22-43(34-41)48-27-12-30-51-54(48)53-47-26-6-3-15-38(47)31-32-52(53)61-51/h1-35H. The smallest absolute Gasteiger partial charge is 0.164 e. The lowest BCUT2D eigenvalue weighted by Crippen LogP contribution is -2.01. The molecule has 10 aromatic carbocycles. The number of fused-ring (bicyclic) bond motifs is 7. The Hall–Kier alpha value is -8.21. The van der Waals surface area contributed by atoms with Gasteiger partial charge < -0.3 is 4.42 Å². The van der Waals surface area contributed by atoms with Gasteiger partial charge in [0.2, 0.25) is 0 Å². The van der Waals surface area contributed by atoms with Crippen molar-refractivity contribution in [3.05, 3.63) is 212 Å². The maximum absolute atomic E-state index is 6.42. The van der Waals surface area contributed by atoms with Crippen molar-refractivity contribution in [1.82, 2.24) is 15.0 Å². The summed E-state index contributed by atoms with van der Waals surface area (Å²) >= 11 is 0. The fraction of sp³-hybridized carbons (Fsp3) is 0. The Labute approximate surface area is 352 Å². The average molecular weight is 778 g/mol. The van der Waals surface area contributed by atoms with Crippen LogP contribution in [0.3, 0.4) is 0 Å². The van der Waals surface area contributed by atoms with Crippen LogP contribution in [0.15, 0.2) is 217 Å². The Morgan fingerprint density at radius 1 is 0.262 bits per heavy atom. The Morgan fingerprint density at radius 2 is 0.672 bits per heavy atom. The number of aromatic nitrogens is 3. The molecule has 0 saturated carbocycles. The lowest BCUT2D eigenvalue weighted by Gasteiger charge is -2.12. The van der Waals surface area contributed by atoms with Crippen molar-refractivity contribution in [1.29, 1.82) is 0 Å². The molecule has 12 rings (SSSR count). The third-order valence-electron chi connectivity index (χ3n) is 11.9. The highest BCUT2D eigenvalue weighted by atomic mass is 16.3. The van der Waals surface area contributed by atoms with Crippen molar-refractivity contribution >= 4 is 54.3 Å². The van der Waals surface area contributed by atoms with Gasteiger partial charge in [0.15, 0.2) is 17.5 Å². The van der Waals surface area contributed by atoms with Crippen LogP contribution >= 0.6 is 0 Å². The van der Waals surface area contributed by atoms with Gasteiger partial charge in [0.1, 0.15) is 11.2 Å². The van der Waals surface area contributed by atoms with E-state index in [0.29, 0.717) is 17.5 Å². The fourth-order valence-corrected chi connectivity index (χ4v) is 9.00. The van der Waals surface area contributed by atoms with Crippen LogP contribution in [0.1, 0.15) is 0 Å². The Balaban J connectivity index is 0.957. The van der Waals surface area contributed by atoms with Crippen molar-refractivity contribution in [3.63, 3.8) is 0 Å². The highest BCUT2D eigenvalue weighted by Gasteiger charge is 2.18. The van der Waals surface area contributed by atoms with E-state index in [1.807, 2.05) is 0 Å². The zero-order valence-corrected chi connectivity index (χ0v) is 33.0. The number of rotatable bonds is 6. The largest absolute Gasteiger partial charge is 0.456 e. The molecule has 0 atom stereocenters. The summed E-state index contributed by atoms with van der Waals surface area (Å²) in [6.07, 6.45) is 0. The molecule has 2 heterocycles. The highest BCUT2D eigenvalue weighted by Crippen LogP contribution is 2.41. The summed E-state index contributed by atoms with van der Waals surface area (Å²) in [5.41, 5.74) is 11.4. The van der Waals surface area contributed by atoms with Crippen molar-refractivity contribution in [2.75, 3.05) is 0 Å². The van der Waals surface area contributed by atoms with Gasteiger partial charge in [-0.05, 0) is 96.0 Å². The summed E-state index contributed by atoms with van der Waals surface area (Å²) in [6.45, 7) is 0. The van der Waals surface area contributed by atoms with Gasteiger partial charge in [-0.15, -0.1) is 0 Å². The summed E-state index contributed by atoms with van der Waals surface area (Å²) in [5, 5.41) is 9.18. The third-order valence-corrected chi connectivity index (χ3v) is 11.9. The van der Waals surface area contributed by atoms with Crippen LogP contribution in [0.5, 0.6) is 0 Å². The minimum atomic E-state index is 0.625. The average Bonchev–Trinajstić information content (AvgIpc) is 3.73. The zero-order valence-electron chi connectivity index (χ0n) is 33.0. The fourth-order valence-electron chi connectivity index (χ4n) is 9.00. The minimum Gasteiger partial charge on any atom is -0.456 e. The second kappa shape index (κ2) is 14.3. The number of nitrogens with zero attached hydrogens (tertiary/aromatic N) is 3. The zero-order chi connectivity index (χ0) is 40.3. The van der Waals surface area contributed by atoms with Crippen LogP contribution in [0.25, 0.3) is 122 Å². The maximum atomic E-state index is 6.42. The number of hydrogen-bond acceptors (Lipinski definition) is 4. The van der Waals surface area contributed by atoms with Gasteiger partial charge in [0, 0.05) is 27.5 Å². The molecular formula is C57H35N3O. The van der Waals surface area contributed by atoms with Crippen LogP contribution in [-0.2, 0) is 0 Å². The first-order valence-electron chi connectivity index (χ1n) is 20.6. The molecule has 0 spiro atoms. The molecular weight excluding hydrogens is 743 g/mol. The summed E-state index contributed by atoms with van der Waals surface area (Å²) in [4.78, 5) is 15.6. The Morgan fingerprint density at radius 3 is 1.30 bits per heavy atom. The first-order valence-corrected chi connectivity index (χ1v) is 20.6. The van der Waals surface area contributed by atoms with Gasteiger partial charge in [-0.3, -0.25) is 0 Å². The molecule has 0 N–H and O–H groups in total. The number of hydrogen-bond donors (Lipinski definition) is 0. The van der Waals surface area contributed by atoms with Gasteiger partial charge in [-0.25, -0.2) is 15.0 Å². The van der Waals surface area contributed by atoms with Crippen LogP contribution in [0.4, 0.5) is 0 Å². The molecule has 0 aliphatic rings. The van der Waals surface area contributed by atoms with Crippen LogP contribution in [0, 0.1) is 0 Å². The van der Waals surface area contributed by atoms with E-state index >= 15 is 0 Å². The molecule has 284 valence electrons. The molecule has 4 heteroatoms. The quantitative estimate of drug-likeness (QED) is 0.169. The van der Waals surface area contributed by atoms with Crippen molar-refractivity contribution in [2.24, 2.45) is 0 Å². The van der Waals surface area contributed by atoms with Gasteiger partial charge in [-0.1, -0.05) is 182 Å². The lowest BCUT2D eigenvalue weighted by molar-refractivity contribution is 0.669. The van der Waals surface area contributed by atoms with Crippen LogP contribution in [0.2, 0.25) is 0 Å². The van der Waals surface area contributed by atoms with E-state index in [4.69, 9.17) is 19.4 Å². The highest BCUT2D eigenvalue weighted by molar-refractivity contribution is 6.22. The van der Waals surface area contributed by atoms with E-state index in [0.717, 1.165) is 93.6 Å². The van der Waals surface area contributed by atoms with Gasteiger partial charge in [0.05, 0.1) is 0 Å². The Kier molecular flexibility index (Phi) is 8.13. The molecule has 0 unspecified atom stereocenters. The van der Waals surface area contributed by atoms with Gasteiger partial charge >= 0.3 is 0 Å². The minimum absolute atomic E-state index is 0.625. The summed E-state index contributed by atoms with van der Waals surface area (Å²) < 4.78 is 6.42. The van der Waals surface area contributed by atoms with Crippen LogP contribution in [-0.4, -0.2) is 15.0 Å². The molecule has 0 bridgehead atoms. The maximum Gasteiger partial charge on any atom is 0.164 e. The molecule has 0 aliphatic carbocycles. The second-order valence-electron chi connectivity index (χ2n) is 15.5. The summed E-state index contributed by atoms with van der Waals surface area (Å²) in [6, 6.07) is 74.7. The predicted octanol–water partition coefficient (Wildman–Crippen LogP) is 15.2. The molecule has 0 aliphatic heterocycles. The molecule has 0 radical (unpaired) electrons. The van der Waals surface area contributed by atoms with Crippen molar-refractivity contribution in [3.8, 4) is 67.5 Å². The van der Waals surface area contributed by atoms with Crippen molar-refractivity contribution in [2.45, 2.75) is 0 Å². The second-order valence-corrected chi connectivity index (χ2v) is 15.5. The van der Waals surface area contributed by atoms with E-state index in [2.05, 4.69) is 212 Å². The van der Waals surface area contributed by atoms with E-state index in [1.165, 1.54) is 10.8 Å². The van der Waals surface area contributed by atoms with Gasteiger partial charge in [0.25, 0.3) is 0 Å².